The van der Waals surface area contributed by atoms with Gasteiger partial charge in [-0.1, -0.05) is 6.07 Å². The van der Waals surface area contributed by atoms with Crippen LogP contribution >= 0.6 is 0 Å². The summed E-state index contributed by atoms with van der Waals surface area (Å²) in [5, 5.41) is 2.13. The van der Waals surface area contributed by atoms with E-state index in [9.17, 15) is 18.0 Å². The number of carbonyl (C=O) groups excluding carboxylic acids is 1. The highest BCUT2D eigenvalue weighted by atomic mass is 19.4. The SMILES string of the molecule is CCOC(=O)c1cccc(NCC(F)(F)F)c1N. The van der Waals surface area contributed by atoms with Crippen LogP contribution in [0.3, 0.4) is 0 Å². The van der Waals surface area contributed by atoms with Crippen molar-refractivity contribution in [3.63, 3.8) is 0 Å². The number of hydrogen-bond acceptors (Lipinski definition) is 4. The smallest absolute Gasteiger partial charge is 0.405 e. The van der Waals surface area contributed by atoms with Gasteiger partial charge < -0.3 is 15.8 Å². The molecule has 0 aliphatic carbocycles. The lowest BCUT2D eigenvalue weighted by Gasteiger charge is -2.13. The van der Waals surface area contributed by atoms with Crippen LogP contribution in [0.1, 0.15) is 17.3 Å². The highest BCUT2D eigenvalue weighted by Gasteiger charge is 2.27. The number of benzene rings is 1. The lowest BCUT2D eigenvalue weighted by atomic mass is 10.1. The lowest BCUT2D eigenvalue weighted by molar-refractivity contribution is -0.115. The molecular formula is C11H13F3N2O2. The molecule has 0 bridgehead atoms. The molecule has 0 aliphatic heterocycles. The van der Waals surface area contributed by atoms with Gasteiger partial charge in [0.05, 0.1) is 23.5 Å². The molecule has 0 heterocycles. The molecule has 1 aromatic rings. The average Bonchev–Trinajstić information content (AvgIpc) is 2.26. The first kappa shape index (κ1) is 14.1. The Morgan fingerprint density at radius 3 is 2.67 bits per heavy atom. The number of hydrogen-bond donors (Lipinski definition) is 2. The van der Waals surface area contributed by atoms with Gasteiger partial charge in [0.25, 0.3) is 0 Å². The zero-order valence-electron chi connectivity index (χ0n) is 9.67. The van der Waals surface area contributed by atoms with Crippen molar-refractivity contribution in [1.82, 2.24) is 0 Å². The van der Waals surface area contributed by atoms with Gasteiger partial charge in [0, 0.05) is 0 Å². The van der Waals surface area contributed by atoms with Crippen molar-refractivity contribution in [2.45, 2.75) is 13.1 Å². The minimum Gasteiger partial charge on any atom is -0.462 e. The Hall–Kier alpha value is -1.92. The summed E-state index contributed by atoms with van der Waals surface area (Å²) in [6.07, 6.45) is -4.35. The summed E-state index contributed by atoms with van der Waals surface area (Å²) in [6.45, 7) is 0.571. The zero-order chi connectivity index (χ0) is 13.8. The van der Waals surface area contributed by atoms with E-state index in [-0.39, 0.29) is 23.5 Å². The van der Waals surface area contributed by atoms with E-state index in [4.69, 9.17) is 10.5 Å². The Balaban J connectivity index is 2.88. The normalized spacial score (nSPS) is 11.1. The Bertz CT molecular complexity index is 433. The maximum absolute atomic E-state index is 12.1. The van der Waals surface area contributed by atoms with E-state index in [1.54, 1.807) is 6.92 Å². The monoisotopic (exact) mass is 262 g/mol. The molecule has 1 aromatic carbocycles. The Labute approximate surface area is 102 Å². The van der Waals surface area contributed by atoms with Gasteiger partial charge in [0.2, 0.25) is 0 Å². The molecule has 0 unspecified atom stereocenters. The minimum absolute atomic E-state index is 0.0454. The molecule has 0 atom stereocenters. The van der Waals surface area contributed by atoms with Gasteiger partial charge in [0.15, 0.2) is 0 Å². The second-order valence-corrected chi connectivity index (χ2v) is 3.46. The summed E-state index contributed by atoms with van der Waals surface area (Å²) in [4.78, 5) is 11.5. The summed E-state index contributed by atoms with van der Waals surface area (Å²) in [5.74, 6) is -0.661. The van der Waals surface area contributed by atoms with Crippen LogP contribution in [0.15, 0.2) is 18.2 Å². The van der Waals surface area contributed by atoms with E-state index in [1.165, 1.54) is 18.2 Å². The molecule has 0 aromatic heterocycles. The second kappa shape index (κ2) is 5.61. The number of nitrogen functional groups attached to an aromatic ring is 1. The molecule has 0 saturated carbocycles. The summed E-state index contributed by atoms with van der Waals surface area (Å²) < 4.78 is 40.9. The van der Waals surface area contributed by atoms with Gasteiger partial charge in [-0.2, -0.15) is 13.2 Å². The molecule has 0 saturated heterocycles. The fourth-order valence-corrected chi connectivity index (χ4v) is 1.30. The standard InChI is InChI=1S/C11H13F3N2O2/c1-2-18-10(17)7-4-3-5-8(9(7)15)16-6-11(12,13)14/h3-5,16H,2,6,15H2,1H3. The van der Waals surface area contributed by atoms with Crippen molar-refractivity contribution >= 4 is 17.3 Å². The topological polar surface area (TPSA) is 64.3 Å². The second-order valence-electron chi connectivity index (χ2n) is 3.46. The van der Waals surface area contributed by atoms with Crippen LogP contribution in [0, 0.1) is 0 Å². The summed E-state index contributed by atoms with van der Waals surface area (Å²) in [5.41, 5.74) is 5.66. The van der Waals surface area contributed by atoms with Gasteiger partial charge in [0.1, 0.15) is 6.54 Å². The molecule has 0 spiro atoms. The number of nitrogens with two attached hydrogens (primary N) is 1. The molecule has 0 aliphatic rings. The fourth-order valence-electron chi connectivity index (χ4n) is 1.30. The van der Waals surface area contributed by atoms with Crippen LogP contribution in [0.5, 0.6) is 0 Å². The first-order valence-electron chi connectivity index (χ1n) is 5.21. The van der Waals surface area contributed by atoms with Crippen molar-refractivity contribution in [1.29, 1.82) is 0 Å². The minimum atomic E-state index is -4.35. The molecule has 3 N–H and O–H groups in total. The molecule has 1 rings (SSSR count). The number of halogens is 3. The van der Waals surface area contributed by atoms with Gasteiger partial charge in [-0.25, -0.2) is 4.79 Å². The molecule has 7 heteroatoms. The quantitative estimate of drug-likeness (QED) is 0.646. The molecular weight excluding hydrogens is 249 g/mol. The Morgan fingerprint density at radius 2 is 2.11 bits per heavy atom. The van der Waals surface area contributed by atoms with Crippen LogP contribution in [-0.4, -0.2) is 25.3 Å². The fraction of sp³-hybridized carbons (Fsp3) is 0.364. The first-order valence-corrected chi connectivity index (χ1v) is 5.21. The molecule has 4 nitrogen and oxygen atoms in total. The summed E-state index contributed by atoms with van der Waals surface area (Å²) >= 11 is 0. The molecule has 100 valence electrons. The Morgan fingerprint density at radius 1 is 1.44 bits per heavy atom. The van der Waals surface area contributed by atoms with Crippen LogP contribution in [0.2, 0.25) is 0 Å². The molecule has 0 amide bonds. The number of nitrogens with one attached hydrogen (secondary N) is 1. The number of para-hydroxylation sites is 1. The predicted octanol–water partition coefficient (Wildman–Crippen LogP) is 2.42. The van der Waals surface area contributed by atoms with Crippen LogP contribution in [-0.2, 0) is 4.74 Å². The van der Waals surface area contributed by atoms with E-state index in [0.29, 0.717) is 0 Å². The number of ether oxygens (including phenoxy) is 1. The number of carbonyl (C=O) groups is 1. The number of rotatable bonds is 4. The van der Waals surface area contributed by atoms with E-state index in [0.717, 1.165) is 0 Å². The maximum atomic E-state index is 12.1. The number of alkyl halides is 3. The van der Waals surface area contributed by atoms with E-state index >= 15 is 0 Å². The van der Waals surface area contributed by atoms with Gasteiger partial charge >= 0.3 is 12.1 Å². The first-order chi connectivity index (χ1) is 8.35. The van der Waals surface area contributed by atoms with E-state index in [1.807, 2.05) is 0 Å². The van der Waals surface area contributed by atoms with Crippen molar-refractivity contribution < 1.29 is 22.7 Å². The average molecular weight is 262 g/mol. The zero-order valence-corrected chi connectivity index (χ0v) is 9.67. The van der Waals surface area contributed by atoms with E-state index in [2.05, 4.69) is 5.32 Å². The van der Waals surface area contributed by atoms with Crippen molar-refractivity contribution in [3.8, 4) is 0 Å². The maximum Gasteiger partial charge on any atom is 0.405 e. The third-order valence-corrected chi connectivity index (χ3v) is 2.08. The molecule has 0 fully saturated rings. The van der Waals surface area contributed by atoms with Crippen molar-refractivity contribution in [2.24, 2.45) is 0 Å². The van der Waals surface area contributed by atoms with Crippen molar-refractivity contribution in [3.05, 3.63) is 23.8 Å². The number of esters is 1. The van der Waals surface area contributed by atoms with Gasteiger partial charge in [-0.15, -0.1) is 0 Å². The van der Waals surface area contributed by atoms with Crippen LogP contribution < -0.4 is 11.1 Å². The van der Waals surface area contributed by atoms with Crippen molar-refractivity contribution in [2.75, 3.05) is 24.2 Å². The van der Waals surface area contributed by atoms with Crippen LogP contribution in [0.25, 0.3) is 0 Å². The highest BCUT2D eigenvalue weighted by molar-refractivity contribution is 5.98. The van der Waals surface area contributed by atoms with E-state index < -0.39 is 18.7 Å². The van der Waals surface area contributed by atoms with Gasteiger partial charge in [-0.05, 0) is 19.1 Å². The van der Waals surface area contributed by atoms with Gasteiger partial charge in [-0.3, -0.25) is 0 Å². The summed E-state index contributed by atoms with van der Waals surface area (Å²) in [7, 11) is 0. The molecule has 0 radical (unpaired) electrons. The Kier molecular flexibility index (Phi) is 4.41. The largest absolute Gasteiger partial charge is 0.462 e. The highest BCUT2D eigenvalue weighted by Crippen LogP contribution is 2.25. The summed E-state index contributed by atoms with van der Waals surface area (Å²) in [6, 6.07) is 4.19. The lowest BCUT2D eigenvalue weighted by Crippen LogP contribution is -2.22. The third-order valence-electron chi connectivity index (χ3n) is 2.08. The predicted molar refractivity (Wildman–Crippen MR) is 61.4 cm³/mol. The molecule has 18 heavy (non-hydrogen) atoms. The number of anilines is 2. The van der Waals surface area contributed by atoms with Crippen LogP contribution in [0.4, 0.5) is 24.5 Å². The third kappa shape index (κ3) is 3.83.